The van der Waals surface area contributed by atoms with Gasteiger partial charge in [-0.3, -0.25) is 0 Å². The Kier molecular flexibility index (Phi) is 3.62. The van der Waals surface area contributed by atoms with Gasteiger partial charge >= 0.3 is 5.97 Å². The Morgan fingerprint density at radius 1 is 1.24 bits per heavy atom. The van der Waals surface area contributed by atoms with Gasteiger partial charge in [-0.25, -0.2) is 21.6 Å². The molecule has 96 valence electrons. The molecule has 1 heterocycles. The number of rotatable bonds is 5. The summed E-state index contributed by atoms with van der Waals surface area (Å²) < 4.78 is 49.4. The Morgan fingerprint density at radius 3 is 2.24 bits per heavy atom. The third kappa shape index (κ3) is 3.86. The van der Waals surface area contributed by atoms with E-state index in [2.05, 4.69) is 4.42 Å². The lowest BCUT2D eigenvalue weighted by atomic mass is 10.5. The molecule has 0 aliphatic rings. The third-order valence-corrected chi connectivity index (χ3v) is 4.60. The van der Waals surface area contributed by atoms with Crippen LogP contribution >= 0.6 is 0 Å². The zero-order chi connectivity index (χ0) is 13.3. The lowest BCUT2D eigenvalue weighted by Gasteiger charge is -1.99. The Morgan fingerprint density at radius 2 is 1.82 bits per heavy atom. The summed E-state index contributed by atoms with van der Waals surface area (Å²) in [5, 5.41) is 8.00. The van der Waals surface area contributed by atoms with Gasteiger partial charge in [-0.05, 0) is 12.1 Å². The highest BCUT2D eigenvalue weighted by molar-refractivity contribution is 7.94. The molecule has 0 aliphatic heterocycles. The summed E-state index contributed by atoms with van der Waals surface area (Å²) in [4.78, 5) is 10.5. The van der Waals surface area contributed by atoms with E-state index < -0.39 is 48.0 Å². The van der Waals surface area contributed by atoms with E-state index in [4.69, 9.17) is 5.11 Å². The van der Waals surface area contributed by atoms with Gasteiger partial charge in [0.15, 0.2) is 0 Å². The van der Waals surface area contributed by atoms with Crippen molar-refractivity contribution < 1.29 is 31.2 Å². The summed E-state index contributed by atoms with van der Waals surface area (Å²) in [5.74, 6) is -3.09. The van der Waals surface area contributed by atoms with E-state index in [-0.39, 0.29) is 0 Å². The number of carboxylic acid groups (broad SMARTS) is 1. The van der Waals surface area contributed by atoms with Crippen molar-refractivity contribution in [1.29, 1.82) is 0 Å². The van der Waals surface area contributed by atoms with Crippen LogP contribution in [0.1, 0.15) is 10.6 Å². The second kappa shape index (κ2) is 4.49. The van der Waals surface area contributed by atoms with Gasteiger partial charge in [-0.15, -0.1) is 0 Å². The summed E-state index contributed by atoms with van der Waals surface area (Å²) in [6, 6.07) is 1.98. The molecule has 0 atom stereocenters. The fraction of sp³-hybridized carbons (Fsp3) is 0.375. The van der Waals surface area contributed by atoms with E-state index in [0.717, 1.165) is 18.4 Å². The molecule has 0 bridgehead atoms. The number of sulfone groups is 2. The number of hydrogen-bond donors (Lipinski definition) is 1. The Hall–Kier alpha value is -1.35. The minimum atomic E-state index is -3.92. The van der Waals surface area contributed by atoms with Gasteiger partial charge in [0.1, 0.15) is 9.84 Å². The van der Waals surface area contributed by atoms with E-state index in [1.54, 1.807) is 0 Å². The molecule has 0 amide bonds. The lowest BCUT2D eigenvalue weighted by Crippen LogP contribution is -2.15. The van der Waals surface area contributed by atoms with Crippen LogP contribution in [0.4, 0.5) is 0 Å². The smallest absolute Gasteiger partial charge is 0.371 e. The average molecular weight is 282 g/mol. The molecule has 1 N–H and O–H groups in total. The Labute approximate surface area is 97.9 Å². The summed E-state index contributed by atoms with van der Waals surface area (Å²) in [7, 11) is -7.33. The highest BCUT2D eigenvalue weighted by Crippen LogP contribution is 2.15. The monoisotopic (exact) mass is 282 g/mol. The van der Waals surface area contributed by atoms with E-state index in [9.17, 15) is 21.6 Å². The van der Waals surface area contributed by atoms with Crippen molar-refractivity contribution >= 4 is 25.6 Å². The van der Waals surface area contributed by atoms with Gasteiger partial charge in [0.05, 0.1) is 11.5 Å². The molecule has 0 unspecified atom stereocenters. The lowest BCUT2D eigenvalue weighted by molar-refractivity contribution is 0.0656. The molecule has 17 heavy (non-hydrogen) atoms. The largest absolute Gasteiger partial charge is 0.475 e. The zero-order valence-electron chi connectivity index (χ0n) is 8.78. The second-order valence-electron chi connectivity index (χ2n) is 3.37. The van der Waals surface area contributed by atoms with Crippen molar-refractivity contribution in [2.75, 3.05) is 17.8 Å². The number of hydrogen-bond acceptors (Lipinski definition) is 6. The van der Waals surface area contributed by atoms with Crippen LogP contribution in [0.2, 0.25) is 0 Å². The maximum atomic E-state index is 11.6. The number of carboxylic acids is 1. The second-order valence-corrected chi connectivity index (χ2v) is 7.67. The van der Waals surface area contributed by atoms with Crippen molar-refractivity contribution in [2.24, 2.45) is 0 Å². The van der Waals surface area contributed by atoms with Crippen molar-refractivity contribution in [1.82, 2.24) is 0 Å². The van der Waals surface area contributed by atoms with Crippen molar-refractivity contribution in [2.45, 2.75) is 5.09 Å². The number of aromatic carboxylic acids is 1. The van der Waals surface area contributed by atoms with Crippen LogP contribution in [0, 0.1) is 0 Å². The average Bonchev–Trinajstić information content (AvgIpc) is 2.63. The molecule has 0 aromatic carbocycles. The van der Waals surface area contributed by atoms with Crippen LogP contribution in [-0.4, -0.2) is 45.7 Å². The molecule has 0 saturated heterocycles. The van der Waals surface area contributed by atoms with Gasteiger partial charge < -0.3 is 9.52 Å². The third-order valence-electron chi connectivity index (χ3n) is 1.82. The highest BCUT2D eigenvalue weighted by Gasteiger charge is 2.22. The summed E-state index contributed by atoms with van der Waals surface area (Å²) in [6.07, 6.45) is 0.910. The van der Waals surface area contributed by atoms with Crippen LogP contribution in [0.15, 0.2) is 21.6 Å². The molecule has 0 radical (unpaired) electrons. The predicted octanol–water partition coefficient (Wildman–Crippen LogP) is -0.204. The molecule has 0 aliphatic carbocycles. The van der Waals surface area contributed by atoms with Crippen LogP contribution in [-0.2, 0) is 19.7 Å². The quantitative estimate of drug-likeness (QED) is 0.793. The van der Waals surface area contributed by atoms with Crippen molar-refractivity contribution in [3.63, 3.8) is 0 Å². The van der Waals surface area contributed by atoms with Crippen LogP contribution in [0.3, 0.4) is 0 Å². The predicted molar refractivity (Wildman–Crippen MR) is 57.4 cm³/mol. The topological polar surface area (TPSA) is 119 Å². The SMILES string of the molecule is CS(=O)(=O)CCS(=O)(=O)c1ccc(C(=O)O)o1. The van der Waals surface area contributed by atoms with Crippen LogP contribution in [0.5, 0.6) is 0 Å². The molecule has 0 spiro atoms. The Balaban J connectivity index is 2.94. The van der Waals surface area contributed by atoms with Crippen LogP contribution in [0.25, 0.3) is 0 Å². The Bertz CT molecular complexity index is 621. The number of carbonyl (C=O) groups is 1. The molecule has 9 heteroatoms. The first-order valence-electron chi connectivity index (χ1n) is 4.35. The standard InChI is InChI=1S/C8H10O7S2/c1-16(11,12)4-5-17(13,14)7-3-2-6(15-7)8(9)10/h2-3H,4-5H2,1H3,(H,9,10). The molecule has 7 nitrogen and oxygen atoms in total. The molecular weight excluding hydrogens is 272 g/mol. The fourth-order valence-electron chi connectivity index (χ4n) is 0.964. The molecule has 1 rings (SSSR count). The maximum Gasteiger partial charge on any atom is 0.371 e. The molecular formula is C8H10O7S2. The highest BCUT2D eigenvalue weighted by atomic mass is 32.2. The normalized spacial score (nSPS) is 12.5. The molecule has 1 aromatic heterocycles. The molecule has 0 saturated carbocycles. The van der Waals surface area contributed by atoms with Gasteiger partial charge in [0.2, 0.25) is 20.7 Å². The van der Waals surface area contributed by atoms with E-state index in [1.807, 2.05) is 0 Å². The minimum Gasteiger partial charge on any atom is -0.475 e. The van der Waals surface area contributed by atoms with Crippen molar-refractivity contribution in [3.8, 4) is 0 Å². The first-order chi connectivity index (χ1) is 7.62. The fourth-order valence-corrected chi connectivity index (χ4v) is 3.75. The van der Waals surface area contributed by atoms with E-state index in [0.29, 0.717) is 0 Å². The minimum absolute atomic E-state index is 0.511. The summed E-state index contributed by atoms with van der Waals surface area (Å²) >= 11 is 0. The van der Waals surface area contributed by atoms with Gasteiger partial charge in [0.25, 0.3) is 0 Å². The van der Waals surface area contributed by atoms with E-state index >= 15 is 0 Å². The number of furan rings is 1. The van der Waals surface area contributed by atoms with Gasteiger partial charge in [-0.1, -0.05) is 0 Å². The van der Waals surface area contributed by atoms with E-state index in [1.165, 1.54) is 0 Å². The zero-order valence-corrected chi connectivity index (χ0v) is 10.4. The van der Waals surface area contributed by atoms with Crippen molar-refractivity contribution in [3.05, 3.63) is 17.9 Å². The summed E-state index contributed by atoms with van der Waals surface area (Å²) in [5.41, 5.74) is 0. The summed E-state index contributed by atoms with van der Waals surface area (Å²) in [6.45, 7) is 0. The van der Waals surface area contributed by atoms with Gasteiger partial charge in [0, 0.05) is 6.26 Å². The molecule has 1 aromatic rings. The molecule has 0 fully saturated rings. The van der Waals surface area contributed by atoms with Gasteiger partial charge in [-0.2, -0.15) is 0 Å². The van der Waals surface area contributed by atoms with Crippen LogP contribution < -0.4 is 0 Å². The first-order valence-corrected chi connectivity index (χ1v) is 8.07. The first kappa shape index (κ1) is 13.7. The maximum absolute atomic E-state index is 11.6.